The lowest BCUT2D eigenvalue weighted by molar-refractivity contribution is -0.153. The predicted molar refractivity (Wildman–Crippen MR) is 72.3 cm³/mol. The summed E-state index contributed by atoms with van der Waals surface area (Å²) in [6.07, 6.45) is 3.33. The van der Waals surface area contributed by atoms with Crippen LogP contribution in [0.2, 0.25) is 0 Å². The van der Waals surface area contributed by atoms with Gasteiger partial charge in [0.15, 0.2) is 0 Å². The summed E-state index contributed by atoms with van der Waals surface area (Å²) in [6.45, 7) is 13.0. The van der Waals surface area contributed by atoms with Gasteiger partial charge >= 0.3 is 5.97 Å². The van der Waals surface area contributed by atoms with E-state index < -0.39 is 5.41 Å². The van der Waals surface area contributed by atoms with Crippen LogP contribution in [0, 0.1) is 11.3 Å². The van der Waals surface area contributed by atoms with E-state index in [1.165, 1.54) is 5.57 Å². The Morgan fingerprint density at radius 1 is 1.44 bits per heavy atom. The van der Waals surface area contributed by atoms with Crippen molar-refractivity contribution in [2.75, 3.05) is 13.2 Å². The van der Waals surface area contributed by atoms with E-state index in [2.05, 4.69) is 13.5 Å². The Bertz CT molecular complexity index is 301. The largest absolute Gasteiger partial charge is 0.465 e. The van der Waals surface area contributed by atoms with Crippen molar-refractivity contribution >= 4 is 5.97 Å². The molecular formula is C15H26O3. The zero-order valence-electron chi connectivity index (χ0n) is 12.1. The normalized spacial score (nSPS) is 24.3. The lowest BCUT2D eigenvalue weighted by Crippen LogP contribution is -2.23. The number of esters is 1. The molecule has 0 aliphatic carbocycles. The van der Waals surface area contributed by atoms with Crippen molar-refractivity contribution in [3.05, 3.63) is 12.2 Å². The van der Waals surface area contributed by atoms with E-state index >= 15 is 0 Å². The highest BCUT2D eigenvalue weighted by Gasteiger charge is 2.27. The molecule has 1 rings (SSSR count). The number of rotatable bonds is 5. The van der Waals surface area contributed by atoms with Crippen LogP contribution in [-0.4, -0.2) is 25.3 Å². The van der Waals surface area contributed by atoms with Gasteiger partial charge in [-0.2, -0.15) is 0 Å². The molecule has 0 bridgehead atoms. The molecule has 1 aliphatic heterocycles. The Balaban J connectivity index is 2.12. The molecule has 0 spiro atoms. The topological polar surface area (TPSA) is 35.5 Å². The maximum atomic E-state index is 11.5. The molecule has 2 atom stereocenters. The molecule has 0 saturated carbocycles. The molecule has 3 nitrogen and oxygen atoms in total. The van der Waals surface area contributed by atoms with Gasteiger partial charge in [-0.25, -0.2) is 0 Å². The first kappa shape index (κ1) is 15.2. The molecule has 104 valence electrons. The Kier molecular flexibility index (Phi) is 5.39. The minimum atomic E-state index is -0.401. The standard InChI is InChI=1S/C15H26O3/c1-11-10-18-12(2)13(11)8-6-7-9-17-14(16)15(3,4)5/h12-13H,1,6-10H2,2-5H3/t12-,13+/m1/s1. The summed E-state index contributed by atoms with van der Waals surface area (Å²) in [6, 6.07) is 0. The van der Waals surface area contributed by atoms with Gasteiger partial charge in [0, 0.05) is 5.92 Å². The second-order valence-electron chi connectivity index (χ2n) is 6.16. The van der Waals surface area contributed by atoms with Crippen molar-refractivity contribution in [3.8, 4) is 0 Å². The maximum Gasteiger partial charge on any atom is 0.311 e. The molecule has 0 aromatic carbocycles. The van der Waals surface area contributed by atoms with E-state index in [4.69, 9.17) is 9.47 Å². The molecule has 1 saturated heterocycles. The van der Waals surface area contributed by atoms with E-state index in [-0.39, 0.29) is 12.1 Å². The third-order valence-corrected chi connectivity index (χ3v) is 3.38. The third kappa shape index (κ3) is 4.45. The van der Waals surface area contributed by atoms with Gasteiger partial charge in [0.1, 0.15) is 0 Å². The average molecular weight is 254 g/mol. The highest BCUT2D eigenvalue weighted by atomic mass is 16.5. The summed E-state index contributed by atoms with van der Waals surface area (Å²) in [7, 11) is 0. The SMILES string of the molecule is C=C1CO[C@H](C)[C@H]1CCCCOC(=O)C(C)(C)C. The lowest BCUT2D eigenvalue weighted by Gasteiger charge is -2.17. The summed E-state index contributed by atoms with van der Waals surface area (Å²) < 4.78 is 10.8. The average Bonchev–Trinajstić information content (AvgIpc) is 2.58. The summed E-state index contributed by atoms with van der Waals surface area (Å²) in [5.74, 6) is 0.354. The third-order valence-electron chi connectivity index (χ3n) is 3.38. The van der Waals surface area contributed by atoms with Crippen LogP contribution >= 0.6 is 0 Å². The van der Waals surface area contributed by atoms with Crippen LogP contribution in [0.3, 0.4) is 0 Å². The Morgan fingerprint density at radius 2 is 2.11 bits per heavy atom. The summed E-state index contributed by atoms with van der Waals surface area (Å²) in [5, 5.41) is 0. The first-order valence-corrected chi connectivity index (χ1v) is 6.79. The van der Waals surface area contributed by atoms with Gasteiger partial charge in [-0.15, -0.1) is 0 Å². The molecule has 0 amide bonds. The number of ether oxygens (including phenoxy) is 2. The molecule has 1 heterocycles. The highest BCUT2D eigenvalue weighted by molar-refractivity contribution is 5.75. The van der Waals surface area contributed by atoms with E-state index in [9.17, 15) is 4.79 Å². The molecule has 1 fully saturated rings. The minimum absolute atomic E-state index is 0.121. The number of hydrogen-bond acceptors (Lipinski definition) is 3. The van der Waals surface area contributed by atoms with Crippen molar-refractivity contribution < 1.29 is 14.3 Å². The molecule has 18 heavy (non-hydrogen) atoms. The zero-order valence-corrected chi connectivity index (χ0v) is 12.1. The smallest absolute Gasteiger partial charge is 0.311 e. The van der Waals surface area contributed by atoms with Gasteiger partial charge in [0.05, 0.1) is 24.7 Å². The molecule has 0 aromatic heterocycles. The van der Waals surface area contributed by atoms with E-state index in [0.29, 0.717) is 19.1 Å². The molecular weight excluding hydrogens is 228 g/mol. The first-order valence-electron chi connectivity index (χ1n) is 6.79. The van der Waals surface area contributed by atoms with Crippen LogP contribution in [0.5, 0.6) is 0 Å². The minimum Gasteiger partial charge on any atom is -0.465 e. The van der Waals surface area contributed by atoms with Crippen LogP contribution < -0.4 is 0 Å². The highest BCUT2D eigenvalue weighted by Crippen LogP contribution is 2.29. The van der Waals surface area contributed by atoms with Gasteiger partial charge in [-0.05, 0) is 52.5 Å². The number of unbranched alkanes of at least 4 members (excludes halogenated alkanes) is 1. The molecule has 0 N–H and O–H groups in total. The van der Waals surface area contributed by atoms with E-state index in [0.717, 1.165) is 19.3 Å². The first-order chi connectivity index (χ1) is 8.32. The molecule has 1 aliphatic rings. The molecule has 0 radical (unpaired) electrons. The van der Waals surface area contributed by atoms with Crippen molar-refractivity contribution in [2.24, 2.45) is 11.3 Å². The molecule has 0 aromatic rings. The Hall–Kier alpha value is -0.830. The van der Waals surface area contributed by atoms with Crippen LogP contribution in [-0.2, 0) is 14.3 Å². The van der Waals surface area contributed by atoms with Crippen molar-refractivity contribution in [1.29, 1.82) is 0 Å². The quantitative estimate of drug-likeness (QED) is 0.429. The summed E-state index contributed by atoms with van der Waals surface area (Å²) >= 11 is 0. The molecule has 0 unspecified atom stereocenters. The lowest BCUT2D eigenvalue weighted by atomic mass is 9.93. The Labute approximate surface area is 111 Å². The van der Waals surface area contributed by atoms with E-state index in [1.807, 2.05) is 20.8 Å². The second kappa shape index (κ2) is 6.37. The van der Waals surface area contributed by atoms with E-state index in [1.54, 1.807) is 0 Å². The summed E-state index contributed by atoms with van der Waals surface area (Å²) in [5.41, 5.74) is 0.802. The van der Waals surface area contributed by atoms with Gasteiger partial charge < -0.3 is 9.47 Å². The molecule has 3 heteroatoms. The fraction of sp³-hybridized carbons (Fsp3) is 0.800. The monoisotopic (exact) mass is 254 g/mol. The van der Waals surface area contributed by atoms with Crippen molar-refractivity contribution in [2.45, 2.75) is 53.1 Å². The van der Waals surface area contributed by atoms with Crippen LogP contribution in [0.25, 0.3) is 0 Å². The zero-order chi connectivity index (χ0) is 13.8. The number of hydrogen-bond donors (Lipinski definition) is 0. The predicted octanol–water partition coefficient (Wildman–Crippen LogP) is 3.34. The van der Waals surface area contributed by atoms with Gasteiger partial charge in [0.2, 0.25) is 0 Å². The fourth-order valence-electron chi connectivity index (χ4n) is 2.08. The van der Waals surface area contributed by atoms with Crippen molar-refractivity contribution in [1.82, 2.24) is 0 Å². The van der Waals surface area contributed by atoms with Gasteiger partial charge in [-0.1, -0.05) is 6.58 Å². The Morgan fingerprint density at radius 3 is 2.61 bits per heavy atom. The maximum absolute atomic E-state index is 11.5. The van der Waals surface area contributed by atoms with Gasteiger partial charge in [-0.3, -0.25) is 4.79 Å². The fourth-order valence-corrected chi connectivity index (χ4v) is 2.08. The van der Waals surface area contributed by atoms with Crippen LogP contribution in [0.4, 0.5) is 0 Å². The van der Waals surface area contributed by atoms with Gasteiger partial charge in [0.25, 0.3) is 0 Å². The van der Waals surface area contributed by atoms with Crippen LogP contribution in [0.1, 0.15) is 47.0 Å². The number of carbonyl (C=O) groups is 1. The van der Waals surface area contributed by atoms with Crippen LogP contribution in [0.15, 0.2) is 12.2 Å². The van der Waals surface area contributed by atoms with Crippen molar-refractivity contribution in [3.63, 3.8) is 0 Å². The second-order valence-corrected chi connectivity index (χ2v) is 6.16. The number of carbonyl (C=O) groups excluding carboxylic acids is 1. The summed E-state index contributed by atoms with van der Waals surface area (Å²) in [4.78, 5) is 11.5.